The molecule has 0 aliphatic heterocycles. The molecule has 0 bridgehead atoms. The van der Waals surface area contributed by atoms with E-state index in [9.17, 15) is 0 Å². The largest absolute Gasteiger partial charge is 0.494 e. The summed E-state index contributed by atoms with van der Waals surface area (Å²) >= 11 is 0. The van der Waals surface area contributed by atoms with Crippen LogP contribution in [0.1, 0.15) is 29.5 Å². The molecule has 0 fully saturated rings. The molecule has 0 saturated heterocycles. The molecule has 2 aromatic rings. The molecule has 2 rings (SSSR count). The van der Waals surface area contributed by atoms with Gasteiger partial charge in [0, 0.05) is 31.3 Å². The van der Waals surface area contributed by atoms with Crippen molar-refractivity contribution in [1.82, 2.24) is 15.8 Å². The van der Waals surface area contributed by atoms with Crippen LogP contribution in [0.4, 0.5) is 0 Å². The van der Waals surface area contributed by atoms with Crippen LogP contribution in [-0.2, 0) is 13.0 Å². The first-order chi connectivity index (χ1) is 11.7. The Morgan fingerprint density at radius 1 is 1.24 bits per heavy atom. The van der Waals surface area contributed by atoms with Gasteiger partial charge >= 0.3 is 0 Å². The number of hydrogen-bond acceptors (Lipinski definition) is 4. The highest BCUT2D eigenvalue weighted by molar-refractivity contribution is 14.0. The van der Waals surface area contributed by atoms with E-state index in [4.69, 9.17) is 9.26 Å². The van der Waals surface area contributed by atoms with Crippen LogP contribution in [0.25, 0.3) is 0 Å². The Morgan fingerprint density at radius 3 is 2.64 bits per heavy atom. The number of aromatic nitrogens is 1. The number of aryl methyl sites for hydroxylation is 2. The Labute approximate surface area is 166 Å². The van der Waals surface area contributed by atoms with Crippen molar-refractivity contribution in [3.8, 4) is 5.75 Å². The molecule has 0 amide bonds. The molecule has 2 N–H and O–H groups in total. The number of benzene rings is 1. The van der Waals surface area contributed by atoms with Crippen molar-refractivity contribution in [3.63, 3.8) is 0 Å². The second kappa shape index (κ2) is 11.0. The number of guanidine groups is 1. The normalized spacial score (nSPS) is 11.0. The van der Waals surface area contributed by atoms with Crippen LogP contribution in [0.5, 0.6) is 5.75 Å². The van der Waals surface area contributed by atoms with Crippen molar-refractivity contribution in [2.75, 3.05) is 20.2 Å². The molecule has 0 saturated carbocycles. The molecular weight excluding hydrogens is 431 g/mol. The van der Waals surface area contributed by atoms with Gasteiger partial charge in [-0.1, -0.05) is 23.4 Å². The second-order valence-electron chi connectivity index (χ2n) is 5.45. The lowest BCUT2D eigenvalue weighted by molar-refractivity contribution is 0.336. The van der Waals surface area contributed by atoms with Gasteiger partial charge in [0.15, 0.2) is 5.96 Å². The molecular formula is C18H27IN4O2. The summed E-state index contributed by atoms with van der Waals surface area (Å²) in [5, 5.41) is 10.6. The quantitative estimate of drug-likeness (QED) is 0.379. The van der Waals surface area contributed by atoms with Crippen molar-refractivity contribution in [2.45, 2.75) is 33.7 Å². The highest BCUT2D eigenvalue weighted by Crippen LogP contribution is 2.17. The van der Waals surface area contributed by atoms with E-state index < -0.39 is 0 Å². The van der Waals surface area contributed by atoms with E-state index in [1.54, 1.807) is 7.05 Å². The molecule has 1 heterocycles. The molecule has 138 valence electrons. The Hall–Kier alpha value is -1.77. The number of hydrogen-bond donors (Lipinski definition) is 2. The smallest absolute Gasteiger partial charge is 0.191 e. The van der Waals surface area contributed by atoms with Crippen molar-refractivity contribution in [1.29, 1.82) is 0 Å². The lowest BCUT2D eigenvalue weighted by Crippen LogP contribution is -2.38. The van der Waals surface area contributed by atoms with Gasteiger partial charge in [-0.15, -0.1) is 24.0 Å². The molecule has 1 aromatic heterocycles. The van der Waals surface area contributed by atoms with Crippen LogP contribution in [0, 0.1) is 13.8 Å². The van der Waals surface area contributed by atoms with Crippen LogP contribution in [0.3, 0.4) is 0 Å². The van der Waals surface area contributed by atoms with E-state index in [2.05, 4.69) is 26.8 Å². The monoisotopic (exact) mass is 458 g/mol. The molecule has 0 spiro atoms. The minimum Gasteiger partial charge on any atom is -0.494 e. The summed E-state index contributed by atoms with van der Waals surface area (Å²) < 4.78 is 10.8. The summed E-state index contributed by atoms with van der Waals surface area (Å²) in [5.74, 6) is 2.54. The standard InChI is InChI=1S/C18H26N4O2.HI/c1-5-23-17-9-7-6-8-15(17)12-21-18(19-4)20-11-10-16-13(2)22-24-14(16)3;/h6-9H,5,10-12H2,1-4H3,(H2,19,20,21);1H. The minimum absolute atomic E-state index is 0. The third-order valence-corrected chi connectivity index (χ3v) is 3.79. The third-order valence-electron chi connectivity index (χ3n) is 3.79. The molecule has 7 heteroatoms. The van der Waals surface area contributed by atoms with E-state index >= 15 is 0 Å². The number of nitrogens with zero attached hydrogens (tertiary/aromatic N) is 2. The highest BCUT2D eigenvalue weighted by Gasteiger charge is 2.09. The van der Waals surface area contributed by atoms with Gasteiger partial charge in [0.2, 0.25) is 0 Å². The summed E-state index contributed by atoms with van der Waals surface area (Å²) in [6.45, 7) is 7.95. The number of nitrogens with one attached hydrogen (secondary N) is 2. The van der Waals surface area contributed by atoms with Crippen LogP contribution in [0.2, 0.25) is 0 Å². The average Bonchev–Trinajstić information content (AvgIpc) is 2.91. The summed E-state index contributed by atoms with van der Waals surface area (Å²) in [4.78, 5) is 4.26. The molecule has 0 unspecified atom stereocenters. The fourth-order valence-corrected chi connectivity index (χ4v) is 2.51. The lowest BCUT2D eigenvalue weighted by atomic mass is 10.1. The molecule has 0 atom stereocenters. The highest BCUT2D eigenvalue weighted by atomic mass is 127. The number of ether oxygens (including phenoxy) is 1. The van der Waals surface area contributed by atoms with Gasteiger partial charge in [-0.05, 0) is 33.3 Å². The number of rotatable bonds is 7. The molecule has 1 aromatic carbocycles. The predicted octanol–water partition coefficient (Wildman–Crippen LogP) is 3.22. The topological polar surface area (TPSA) is 71.7 Å². The summed E-state index contributed by atoms with van der Waals surface area (Å²) in [5.41, 5.74) is 3.20. The SMILES string of the molecule is CCOc1ccccc1CNC(=NC)NCCc1c(C)noc1C.I. The van der Waals surface area contributed by atoms with Gasteiger partial charge in [0.05, 0.1) is 12.3 Å². The Bertz CT molecular complexity index is 666. The van der Waals surface area contributed by atoms with E-state index in [1.807, 2.05) is 39.0 Å². The van der Waals surface area contributed by atoms with Crippen molar-refractivity contribution in [3.05, 3.63) is 46.8 Å². The van der Waals surface area contributed by atoms with Crippen LogP contribution >= 0.6 is 24.0 Å². The zero-order chi connectivity index (χ0) is 17.4. The van der Waals surface area contributed by atoms with Gasteiger partial charge in [-0.25, -0.2) is 0 Å². The van der Waals surface area contributed by atoms with E-state index in [0.717, 1.165) is 47.3 Å². The summed E-state index contributed by atoms with van der Waals surface area (Å²) in [6, 6.07) is 8.02. The molecule has 25 heavy (non-hydrogen) atoms. The van der Waals surface area contributed by atoms with Gasteiger partial charge < -0.3 is 19.9 Å². The lowest BCUT2D eigenvalue weighted by Gasteiger charge is -2.14. The fraction of sp³-hybridized carbons (Fsp3) is 0.444. The van der Waals surface area contributed by atoms with Crippen LogP contribution in [-0.4, -0.2) is 31.3 Å². The zero-order valence-electron chi connectivity index (χ0n) is 15.3. The first-order valence-corrected chi connectivity index (χ1v) is 8.22. The zero-order valence-corrected chi connectivity index (χ0v) is 17.6. The first-order valence-electron chi connectivity index (χ1n) is 8.22. The predicted molar refractivity (Wildman–Crippen MR) is 111 cm³/mol. The third kappa shape index (κ3) is 6.22. The Kier molecular flexibility index (Phi) is 9.33. The molecule has 0 aliphatic carbocycles. The number of para-hydroxylation sites is 1. The van der Waals surface area contributed by atoms with Gasteiger partial charge in [0.25, 0.3) is 0 Å². The summed E-state index contributed by atoms with van der Waals surface area (Å²) in [6.07, 6.45) is 0.845. The Morgan fingerprint density at radius 2 is 2.00 bits per heavy atom. The maximum atomic E-state index is 5.64. The van der Waals surface area contributed by atoms with E-state index in [0.29, 0.717) is 13.2 Å². The van der Waals surface area contributed by atoms with Gasteiger partial charge in [0.1, 0.15) is 11.5 Å². The second-order valence-corrected chi connectivity index (χ2v) is 5.45. The number of aliphatic imine (C=N–C) groups is 1. The van der Waals surface area contributed by atoms with Gasteiger partial charge in [-0.2, -0.15) is 0 Å². The van der Waals surface area contributed by atoms with Crippen molar-refractivity contribution < 1.29 is 9.26 Å². The Balaban J connectivity index is 0.00000312. The minimum atomic E-state index is 0. The maximum Gasteiger partial charge on any atom is 0.191 e. The fourth-order valence-electron chi connectivity index (χ4n) is 2.51. The molecule has 0 aliphatic rings. The first kappa shape index (κ1) is 21.3. The summed E-state index contributed by atoms with van der Waals surface area (Å²) in [7, 11) is 1.76. The number of halogens is 1. The average molecular weight is 458 g/mol. The van der Waals surface area contributed by atoms with Gasteiger partial charge in [-0.3, -0.25) is 4.99 Å². The van der Waals surface area contributed by atoms with Crippen molar-refractivity contribution in [2.24, 2.45) is 4.99 Å². The van der Waals surface area contributed by atoms with Crippen molar-refractivity contribution >= 4 is 29.9 Å². The molecule has 0 radical (unpaired) electrons. The van der Waals surface area contributed by atoms with Crippen LogP contribution in [0.15, 0.2) is 33.8 Å². The molecule has 6 nitrogen and oxygen atoms in total. The van der Waals surface area contributed by atoms with E-state index in [-0.39, 0.29) is 24.0 Å². The maximum absolute atomic E-state index is 5.64. The van der Waals surface area contributed by atoms with E-state index in [1.165, 1.54) is 0 Å². The van der Waals surface area contributed by atoms with Crippen LogP contribution < -0.4 is 15.4 Å².